The number of H-pyrrole nitrogens is 1. The van der Waals surface area contributed by atoms with Crippen molar-refractivity contribution in [2.75, 3.05) is 20.8 Å². The van der Waals surface area contributed by atoms with Gasteiger partial charge in [0.1, 0.15) is 0 Å². The lowest BCUT2D eigenvalue weighted by Gasteiger charge is -2.14. The number of hydrogen-bond acceptors (Lipinski definition) is 5. The number of ether oxygens (including phenoxy) is 2. The number of nitrogens with one attached hydrogen (secondary N) is 3. The summed E-state index contributed by atoms with van der Waals surface area (Å²) in [6.07, 6.45) is 0.859. The molecule has 136 valence electrons. The molecule has 1 aromatic heterocycles. The van der Waals surface area contributed by atoms with Crippen LogP contribution in [0.5, 0.6) is 11.5 Å². The molecule has 0 spiro atoms. The summed E-state index contributed by atoms with van der Waals surface area (Å²) in [5, 5.41) is 13.3. The molecule has 0 radical (unpaired) electrons. The lowest BCUT2D eigenvalue weighted by molar-refractivity contribution is 0.0944. The summed E-state index contributed by atoms with van der Waals surface area (Å²) >= 11 is 3.45. The molecule has 0 atom stereocenters. The smallest absolute Gasteiger partial charge is 0.272 e. The topological polar surface area (TPSA) is 88.3 Å². The number of benzene rings is 1. The van der Waals surface area contributed by atoms with Gasteiger partial charge >= 0.3 is 0 Å². The van der Waals surface area contributed by atoms with Crippen molar-refractivity contribution < 1.29 is 14.3 Å². The minimum absolute atomic E-state index is 0. The summed E-state index contributed by atoms with van der Waals surface area (Å²) < 4.78 is 11.4. The zero-order chi connectivity index (χ0) is 17.1. The molecule has 7 nitrogen and oxygen atoms in total. The predicted octanol–water partition coefficient (Wildman–Crippen LogP) is 2.19. The van der Waals surface area contributed by atoms with Crippen molar-refractivity contribution in [1.82, 2.24) is 20.8 Å². The Labute approximate surface area is 160 Å². The van der Waals surface area contributed by atoms with Gasteiger partial charge in [-0.05, 0) is 33.6 Å². The summed E-state index contributed by atoms with van der Waals surface area (Å²) in [5.41, 5.74) is 3.34. The second kappa shape index (κ2) is 8.55. The Kier molecular flexibility index (Phi) is 6.69. The molecule has 2 heterocycles. The summed E-state index contributed by atoms with van der Waals surface area (Å²) in [7, 11) is 3.16. The van der Waals surface area contributed by atoms with Crippen LogP contribution >= 0.6 is 28.3 Å². The molecule has 0 saturated carbocycles. The number of carbonyl (C=O) groups is 1. The highest BCUT2D eigenvalue weighted by molar-refractivity contribution is 9.10. The molecule has 3 N–H and O–H groups in total. The van der Waals surface area contributed by atoms with Crippen LogP contribution < -0.4 is 20.1 Å². The van der Waals surface area contributed by atoms with Crippen LogP contribution in [0.15, 0.2) is 16.6 Å². The van der Waals surface area contributed by atoms with Crippen LogP contribution in [0.25, 0.3) is 0 Å². The third-order valence-electron chi connectivity index (χ3n) is 3.97. The van der Waals surface area contributed by atoms with Gasteiger partial charge in [0.05, 0.1) is 18.7 Å². The van der Waals surface area contributed by atoms with Crippen LogP contribution in [0.2, 0.25) is 0 Å². The standard InChI is InChI=1S/C16H19BrN4O3.ClH/c1-23-13-6-9(5-11(17)15(13)24-2)7-19-16(22)14-10-8-18-4-3-12(10)20-21-14;/h5-6,18H,3-4,7-8H2,1-2H3,(H,19,22)(H,20,21);1H. The number of amides is 1. The molecule has 1 aliphatic rings. The number of aromatic nitrogens is 2. The molecule has 0 bridgehead atoms. The van der Waals surface area contributed by atoms with Gasteiger partial charge in [-0.25, -0.2) is 0 Å². The van der Waals surface area contributed by atoms with Gasteiger partial charge in [0.25, 0.3) is 5.91 Å². The molecule has 0 unspecified atom stereocenters. The number of aromatic amines is 1. The van der Waals surface area contributed by atoms with E-state index in [0.29, 0.717) is 30.3 Å². The second-order valence-corrected chi connectivity index (χ2v) is 6.31. The molecule has 9 heteroatoms. The SMILES string of the molecule is COc1cc(CNC(=O)c2n[nH]c3c2CNCC3)cc(Br)c1OC.Cl. The minimum atomic E-state index is -0.192. The first kappa shape index (κ1) is 19.6. The third kappa shape index (κ3) is 4.08. The van der Waals surface area contributed by atoms with Gasteiger partial charge < -0.3 is 20.1 Å². The maximum Gasteiger partial charge on any atom is 0.272 e. The number of methoxy groups -OCH3 is 2. The fourth-order valence-electron chi connectivity index (χ4n) is 2.75. The normalized spacial score (nSPS) is 12.8. The van der Waals surface area contributed by atoms with Gasteiger partial charge in [0, 0.05) is 37.3 Å². The highest BCUT2D eigenvalue weighted by Gasteiger charge is 2.21. The van der Waals surface area contributed by atoms with Crippen LogP contribution in [0, 0.1) is 0 Å². The van der Waals surface area contributed by atoms with Crippen molar-refractivity contribution in [2.24, 2.45) is 0 Å². The minimum Gasteiger partial charge on any atom is -0.493 e. The Morgan fingerprint density at radius 2 is 2.16 bits per heavy atom. The third-order valence-corrected chi connectivity index (χ3v) is 4.56. The molecule has 1 aliphatic heterocycles. The highest BCUT2D eigenvalue weighted by atomic mass is 79.9. The summed E-state index contributed by atoms with van der Waals surface area (Å²) in [6.45, 7) is 1.93. The number of fused-ring (bicyclic) bond motifs is 1. The molecule has 0 fully saturated rings. The van der Waals surface area contributed by atoms with Crippen LogP contribution in [0.1, 0.15) is 27.3 Å². The zero-order valence-electron chi connectivity index (χ0n) is 13.9. The van der Waals surface area contributed by atoms with E-state index < -0.39 is 0 Å². The summed E-state index contributed by atoms with van der Waals surface area (Å²) in [6, 6.07) is 3.73. The molecule has 3 rings (SSSR count). The van der Waals surface area contributed by atoms with Gasteiger partial charge in [0.15, 0.2) is 17.2 Å². The Balaban J connectivity index is 0.00000225. The van der Waals surface area contributed by atoms with Gasteiger partial charge in [-0.15, -0.1) is 12.4 Å². The van der Waals surface area contributed by atoms with E-state index in [2.05, 4.69) is 36.8 Å². The number of hydrogen-bond donors (Lipinski definition) is 3. The zero-order valence-corrected chi connectivity index (χ0v) is 16.3. The van der Waals surface area contributed by atoms with Crippen LogP contribution in [0.3, 0.4) is 0 Å². The molecule has 0 aliphatic carbocycles. The van der Waals surface area contributed by atoms with Crippen LogP contribution in [-0.2, 0) is 19.5 Å². The quantitative estimate of drug-likeness (QED) is 0.675. The Morgan fingerprint density at radius 1 is 1.36 bits per heavy atom. The predicted molar refractivity (Wildman–Crippen MR) is 99.7 cm³/mol. The van der Waals surface area contributed by atoms with E-state index in [4.69, 9.17) is 9.47 Å². The first-order valence-electron chi connectivity index (χ1n) is 7.59. The fourth-order valence-corrected chi connectivity index (χ4v) is 3.40. The molecular formula is C16H20BrClN4O3. The van der Waals surface area contributed by atoms with E-state index in [1.165, 1.54) is 0 Å². The summed E-state index contributed by atoms with van der Waals surface area (Å²) in [5.74, 6) is 1.04. The van der Waals surface area contributed by atoms with Gasteiger partial charge in [-0.1, -0.05) is 0 Å². The van der Waals surface area contributed by atoms with Crippen molar-refractivity contribution >= 4 is 34.2 Å². The number of halogens is 2. The summed E-state index contributed by atoms with van der Waals surface area (Å²) in [4.78, 5) is 12.4. The monoisotopic (exact) mass is 430 g/mol. The molecule has 1 amide bonds. The Morgan fingerprint density at radius 3 is 2.88 bits per heavy atom. The fraction of sp³-hybridized carbons (Fsp3) is 0.375. The maximum absolute atomic E-state index is 12.4. The first-order chi connectivity index (χ1) is 11.6. The van der Waals surface area contributed by atoms with E-state index in [9.17, 15) is 4.79 Å². The van der Waals surface area contributed by atoms with Crippen LogP contribution in [0.4, 0.5) is 0 Å². The first-order valence-corrected chi connectivity index (χ1v) is 8.38. The van der Waals surface area contributed by atoms with Crippen LogP contribution in [-0.4, -0.2) is 36.9 Å². The number of rotatable bonds is 5. The van der Waals surface area contributed by atoms with Gasteiger partial charge in [0.2, 0.25) is 0 Å². The van der Waals surface area contributed by atoms with E-state index in [1.807, 2.05) is 12.1 Å². The van der Waals surface area contributed by atoms with Gasteiger partial charge in [-0.2, -0.15) is 5.10 Å². The highest BCUT2D eigenvalue weighted by Crippen LogP contribution is 2.36. The van der Waals surface area contributed by atoms with Crippen molar-refractivity contribution in [2.45, 2.75) is 19.5 Å². The Hall–Kier alpha value is -1.77. The van der Waals surface area contributed by atoms with Crippen molar-refractivity contribution in [1.29, 1.82) is 0 Å². The average molecular weight is 432 g/mol. The van der Waals surface area contributed by atoms with E-state index in [1.54, 1.807) is 14.2 Å². The van der Waals surface area contributed by atoms with Crippen molar-refractivity contribution in [3.05, 3.63) is 39.1 Å². The lowest BCUT2D eigenvalue weighted by atomic mass is 10.1. The van der Waals surface area contributed by atoms with E-state index in [0.717, 1.165) is 34.3 Å². The lowest BCUT2D eigenvalue weighted by Crippen LogP contribution is -2.28. The maximum atomic E-state index is 12.4. The molecule has 2 aromatic rings. The molecule has 0 saturated heterocycles. The number of nitrogens with zero attached hydrogens (tertiary/aromatic N) is 1. The largest absolute Gasteiger partial charge is 0.493 e. The van der Waals surface area contributed by atoms with Crippen molar-refractivity contribution in [3.8, 4) is 11.5 Å². The molecule has 1 aromatic carbocycles. The molecular weight excluding hydrogens is 412 g/mol. The average Bonchev–Trinajstić information content (AvgIpc) is 3.03. The molecule has 25 heavy (non-hydrogen) atoms. The van der Waals surface area contributed by atoms with Crippen molar-refractivity contribution in [3.63, 3.8) is 0 Å². The second-order valence-electron chi connectivity index (χ2n) is 5.45. The van der Waals surface area contributed by atoms with E-state index in [-0.39, 0.29) is 18.3 Å². The number of carbonyl (C=O) groups excluding carboxylic acids is 1. The Bertz CT molecular complexity index is 766. The van der Waals surface area contributed by atoms with Gasteiger partial charge in [-0.3, -0.25) is 9.89 Å². The van der Waals surface area contributed by atoms with E-state index >= 15 is 0 Å².